The number of anilines is 1. The largest absolute Gasteiger partial charge is 0.481 e. The standard InChI is InChI=1S/C11H9FN2O4/c12-7-2-1-3-8(6(7)5-13)14-9(11(17)18)4-10(15)16/h1-3,9,14H,4H2,(H,15,16)(H,17,18). The van der Waals surface area contributed by atoms with E-state index in [4.69, 9.17) is 15.5 Å². The van der Waals surface area contributed by atoms with Crippen molar-refractivity contribution < 1.29 is 24.2 Å². The number of hydrogen-bond donors (Lipinski definition) is 3. The monoisotopic (exact) mass is 252 g/mol. The van der Waals surface area contributed by atoms with Gasteiger partial charge in [0.2, 0.25) is 0 Å². The molecule has 1 aromatic carbocycles. The Hall–Kier alpha value is -2.62. The first kappa shape index (κ1) is 13.4. The maximum absolute atomic E-state index is 13.2. The summed E-state index contributed by atoms with van der Waals surface area (Å²) in [6.45, 7) is 0. The van der Waals surface area contributed by atoms with Crippen molar-refractivity contribution in [1.82, 2.24) is 0 Å². The van der Waals surface area contributed by atoms with Gasteiger partial charge in [-0.3, -0.25) is 4.79 Å². The molecule has 0 radical (unpaired) electrons. The molecule has 0 saturated heterocycles. The molecule has 1 atom stereocenters. The van der Waals surface area contributed by atoms with Crippen LogP contribution in [0, 0.1) is 17.1 Å². The van der Waals surface area contributed by atoms with Gasteiger partial charge < -0.3 is 15.5 Å². The number of aliphatic carboxylic acids is 2. The molecule has 0 aliphatic carbocycles. The van der Waals surface area contributed by atoms with Crippen molar-refractivity contribution in [1.29, 1.82) is 5.26 Å². The number of nitrogens with one attached hydrogen (secondary N) is 1. The van der Waals surface area contributed by atoms with Crippen molar-refractivity contribution in [3.05, 3.63) is 29.6 Å². The van der Waals surface area contributed by atoms with Crippen molar-refractivity contribution in [2.24, 2.45) is 0 Å². The summed E-state index contributed by atoms with van der Waals surface area (Å²) in [6.07, 6.45) is -0.684. The fourth-order valence-electron chi connectivity index (χ4n) is 1.32. The first-order valence-electron chi connectivity index (χ1n) is 4.85. The summed E-state index contributed by atoms with van der Waals surface area (Å²) in [5.74, 6) is -3.52. The molecule has 0 bridgehead atoms. The molecule has 0 aliphatic rings. The van der Waals surface area contributed by atoms with Gasteiger partial charge in [-0.1, -0.05) is 6.07 Å². The van der Waals surface area contributed by atoms with Gasteiger partial charge in [0.05, 0.1) is 12.1 Å². The van der Waals surface area contributed by atoms with Crippen LogP contribution in [-0.4, -0.2) is 28.2 Å². The Morgan fingerprint density at radius 2 is 2.11 bits per heavy atom. The van der Waals surface area contributed by atoms with Crippen molar-refractivity contribution >= 4 is 17.6 Å². The average molecular weight is 252 g/mol. The molecule has 0 fully saturated rings. The number of carboxylic acids is 2. The molecular formula is C11H9FN2O4. The molecule has 18 heavy (non-hydrogen) atoms. The Morgan fingerprint density at radius 3 is 2.61 bits per heavy atom. The second kappa shape index (κ2) is 5.63. The summed E-state index contributed by atoms with van der Waals surface area (Å²) >= 11 is 0. The van der Waals surface area contributed by atoms with E-state index in [1.807, 2.05) is 0 Å². The van der Waals surface area contributed by atoms with Crippen LogP contribution in [0.3, 0.4) is 0 Å². The maximum Gasteiger partial charge on any atom is 0.326 e. The third kappa shape index (κ3) is 3.18. The van der Waals surface area contributed by atoms with Crippen LogP contribution < -0.4 is 5.32 Å². The number of nitrogens with zero attached hydrogens (tertiary/aromatic N) is 1. The van der Waals surface area contributed by atoms with Gasteiger partial charge in [0, 0.05) is 0 Å². The lowest BCUT2D eigenvalue weighted by Gasteiger charge is -2.14. The number of rotatable bonds is 5. The van der Waals surface area contributed by atoms with Gasteiger partial charge in [0.15, 0.2) is 0 Å². The molecule has 0 aliphatic heterocycles. The van der Waals surface area contributed by atoms with Crippen LogP contribution in [0.2, 0.25) is 0 Å². The van der Waals surface area contributed by atoms with Crippen LogP contribution in [0.25, 0.3) is 0 Å². The molecule has 7 heteroatoms. The topological polar surface area (TPSA) is 110 Å². The number of carbonyl (C=O) groups is 2. The smallest absolute Gasteiger partial charge is 0.326 e. The minimum absolute atomic E-state index is 0.0499. The molecule has 0 spiro atoms. The molecule has 0 amide bonds. The van der Waals surface area contributed by atoms with Crippen LogP contribution in [0.1, 0.15) is 12.0 Å². The fraction of sp³-hybridized carbons (Fsp3) is 0.182. The van der Waals surface area contributed by atoms with Crippen LogP contribution in [0.4, 0.5) is 10.1 Å². The lowest BCUT2D eigenvalue weighted by Crippen LogP contribution is -2.32. The van der Waals surface area contributed by atoms with E-state index in [-0.39, 0.29) is 11.3 Å². The highest BCUT2D eigenvalue weighted by Gasteiger charge is 2.22. The second-order valence-electron chi connectivity index (χ2n) is 3.41. The minimum atomic E-state index is -1.43. The third-order valence-electron chi connectivity index (χ3n) is 2.13. The highest BCUT2D eigenvalue weighted by Crippen LogP contribution is 2.19. The van der Waals surface area contributed by atoms with Gasteiger partial charge in [-0.2, -0.15) is 5.26 Å². The quantitative estimate of drug-likeness (QED) is 0.722. The van der Waals surface area contributed by atoms with E-state index in [2.05, 4.69) is 5.32 Å². The average Bonchev–Trinajstić information content (AvgIpc) is 2.27. The summed E-state index contributed by atoms with van der Waals surface area (Å²) in [7, 11) is 0. The van der Waals surface area contributed by atoms with E-state index in [1.54, 1.807) is 6.07 Å². The number of halogens is 1. The molecule has 0 saturated carbocycles. The second-order valence-corrected chi connectivity index (χ2v) is 3.41. The maximum atomic E-state index is 13.2. The normalized spacial score (nSPS) is 11.3. The van der Waals surface area contributed by atoms with E-state index in [0.29, 0.717) is 0 Å². The minimum Gasteiger partial charge on any atom is -0.481 e. The van der Waals surface area contributed by atoms with Crippen LogP contribution in [0.15, 0.2) is 18.2 Å². The zero-order valence-electron chi connectivity index (χ0n) is 9.05. The van der Waals surface area contributed by atoms with E-state index < -0.39 is 30.2 Å². The SMILES string of the molecule is N#Cc1c(F)cccc1NC(CC(=O)O)C(=O)O. The van der Waals surface area contributed by atoms with E-state index in [9.17, 15) is 14.0 Å². The van der Waals surface area contributed by atoms with Crippen LogP contribution in [-0.2, 0) is 9.59 Å². The molecule has 1 unspecified atom stereocenters. The first-order valence-corrected chi connectivity index (χ1v) is 4.85. The van der Waals surface area contributed by atoms with Crippen molar-refractivity contribution in [2.75, 3.05) is 5.32 Å². The Morgan fingerprint density at radius 1 is 1.44 bits per heavy atom. The molecule has 0 heterocycles. The summed E-state index contributed by atoms with van der Waals surface area (Å²) in [5, 5.41) is 28.4. The van der Waals surface area contributed by atoms with Gasteiger partial charge in [0.1, 0.15) is 23.5 Å². The van der Waals surface area contributed by atoms with Gasteiger partial charge >= 0.3 is 11.9 Å². The van der Waals surface area contributed by atoms with E-state index in [0.717, 1.165) is 6.07 Å². The van der Waals surface area contributed by atoms with Gasteiger partial charge in [-0.15, -0.1) is 0 Å². The molecule has 6 nitrogen and oxygen atoms in total. The summed E-state index contributed by atoms with van der Waals surface area (Å²) < 4.78 is 13.2. The fourth-order valence-corrected chi connectivity index (χ4v) is 1.32. The highest BCUT2D eigenvalue weighted by atomic mass is 19.1. The number of benzene rings is 1. The number of nitriles is 1. The predicted octanol–water partition coefficient (Wildman–Crippen LogP) is 1.04. The summed E-state index contributed by atoms with van der Waals surface area (Å²) in [4.78, 5) is 21.3. The van der Waals surface area contributed by atoms with Crippen molar-refractivity contribution in [2.45, 2.75) is 12.5 Å². The zero-order valence-corrected chi connectivity index (χ0v) is 9.05. The highest BCUT2D eigenvalue weighted by molar-refractivity contribution is 5.84. The number of carboxylic acid groups (broad SMARTS) is 2. The molecule has 1 aromatic rings. The van der Waals surface area contributed by atoms with Gasteiger partial charge in [-0.05, 0) is 12.1 Å². The molecular weight excluding hydrogens is 243 g/mol. The van der Waals surface area contributed by atoms with Crippen molar-refractivity contribution in [3.63, 3.8) is 0 Å². The Bertz CT molecular complexity index is 524. The Labute approximate surface area is 101 Å². The lowest BCUT2D eigenvalue weighted by molar-refractivity contribution is -0.144. The van der Waals surface area contributed by atoms with Gasteiger partial charge in [0.25, 0.3) is 0 Å². The Balaban J connectivity index is 3.01. The molecule has 3 N–H and O–H groups in total. The molecule has 0 aromatic heterocycles. The Kier molecular flexibility index (Phi) is 4.21. The number of hydrogen-bond acceptors (Lipinski definition) is 4. The van der Waals surface area contributed by atoms with Crippen LogP contribution >= 0.6 is 0 Å². The zero-order chi connectivity index (χ0) is 13.7. The summed E-state index contributed by atoms with van der Waals surface area (Å²) in [6, 6.07) is 3.80. The van der Waals surface area contributed by atoms with Crippen LogP contribution in [0.5, 0.6) is 0 Å². The molecule has 94 valence electrons. The molecule has 1 rings (SSSR count). The van der Waals surface area contributed by atoms with Crippen molar-refractivity contribution in [3.8, 4) is 6.07 Å². The predicted molar refractivity (Wildman–Crippen MR) is 58.4 cm³/mol. The van der Waals surface area contributed by atoms with E-state index in [1.165, 1.54) is 12.1 Å². The third-order valence-corrected chi connectivity index (χ3v) is 2.13. The summed E-state index contributed by atoms with van der Waals surface area (Å²) in [5.41, 5.74) is -0.403. The lowest BCUT2D eigenvalue weighted by atomic mass is 10.1. The van der Waals surface area contributed by atoms with E-state index >= 15 is 0 Å². The first-order chi connectivity index (χ1) is 8.45. The van der Waals surface area contributed by atoms with Gasteiger partial charge in [-0.25, -0.2) is 9.18 Å².